The molecule has 4 heteroatoms. The minimum absolute atomic E-state index is 1.13. The second-order valence-electron chi connectivity index (χ2n) is 32.9. The van der Waals surface area contributed by atoms with Gasteiger partial charge in [-0.1, -0.05) is 346 Å². The van der Waals surface area contributed by atoms with Gasteiger partial charge in [-0.25, -0.2) is 0 Å². The van der Waals surface area contributed by atoms with E-state index in [1.54, 1.807) is 0 Å². The van der Waals surface area contributed by atoms with Crippen LogP contribution in [0.3, 0.4) is 0 Å². The monoisotopic (exact) mass is 1590 g/mol. The lowest BCUT2D eigenvalue weighted by Crippen LogP contribution is -2.10. The molecular weight excluding hydrogens is 1510 g/mol. The van der Waals surface area contributed by atoms with Crippen molar-refractivity contribution in [1.82, 2.24) is 9.13 Å². The van der Waals surface area contributed by atoms with Crippen LogP contribution in [0.25, 0.3) is 176 Å². The lowest BCUT2D eigenvalue weighted by atomic mass is 9.85. The average molecular weight is 1600 g/mol. The van der Waals surface area contributed by atoms with Crippen LogP contribution in [0.5, 0.6) is 0 Å². The molecule has 0 aliphatic carbocycles. The fourth-order valence-electron chi connectivity index (χ4n) is 19.4. The van der Waals surface area contributed by atoms with Gasteiger partial charge < -0.3 is 18.9 Å². The fourth-order valence-corrected chi connectivity index (χ4v) is 19.4. The van der Waals surface area contributed by atoms with Crippen molar-refractivity contribution in [1.29, 1.82) is 0 Å². The van der Waals surface area contributed by atoms with Crippen molar-refractivity contribution >= 4 is 121 Å². The van der Waals surface area contributed by atoms with E-state index in [-0.39, 0.29) is 0 Å². The molecule has 0 saturated carbocycles. The van der Waals surface area contributed by atoms with Crippen LogP contribution in [0.4, 0.5) is 34.1 Å². The van der Waals surface area contributed by atoms with E-state index in [4.69, 9.17) is 0 Å². The maximum atomic E-state index is 2.42. The van der Waals surface area contributed by atoms with Gasteiger partial charge in [0.25, 0.3) is 0 Å². The van der Waals surface area contributed by atoms with Crippen molar-refractivity contribution in [2.75, 3.05) is 9.80 Å². The number of aryl methyl sites for hydroxylation is 3. The molecule has 0 aliphatic rings. The van der Waals surface area contributed by atoms with Gasteiger partial charge in [-0.15, -0.1) is 0 Å². The summed E-state index contributed by atoms with van der Waals surface area (Å²) in [5.41, 5.74) is 34.7. The highest BCUT2D eigenvalue weighted by Crippen LogP contribution is 2.49. The largest absolute Gasteiger partial charge is 0.310 e. The summed E-state index contributed by atoms with van der Waals surface area (Å²) in [6, 6.07) is 171. The molecule has 0 atom stereocenters. The predicted molar refractivity (Wildman–Crippen MR) is 533 cm³/mol. The van der Waals surface area contributed by atoms with Gasteiger partial charge in [-0.3, -0.25) is 0 Å². The summed E-state index contributed by atoms with van der Waals surface area (Å²) in [7, 11) is 0. The van der Waals surface area contributed by atoms with Gasteiger partial charge in [0.2, 0.25) is 0 Å². The van der Waals surface area contributed by atoms with E-state index in [1.807, 2.05) is 0 Å². The minimum atomic E-state index is 1.13. The number of rotatable bonds is 15. The number of aromatic nitrogens is 2. The Labute approximate surface area is 728 Å². The zero-order valence-corrected chi connectivity index (χ0v) is 69.7. The molecule has 23 rings (SSSR count). The lowest BCUT2D eigenvalue weighted by Gasteiger charge is -2.26. The van der Waals surface area contributed by atoms with Crippen LogP contribution in [0.2, 0.25) is 0 Å². The number of fused-ring (bicyclic) bond motifs is 10. The SMILES string of the molecule is Cc1cccc(N(c2cccc(C)c2)c2ccc3c(c2)c2ccccc2n3-c2ccc(-c3c4ccccc4c(-c4ccc(-c5ccc(-c6ccccc6)cc5)cc4)c4ccccc34)cc2)c1.Cc1cccc(N(c2ccccc2)c2ccc3c(c2)c2ccccc2n3-c2ccc(-c3c4ccccc4c(-c4ccc(-c5ccccc5)cc4)c4ccccc34)cc2)c1. The first kappa shape index (κ1) is 75.1. The molecule has 4 nitrogen and oxygen atoms in total. The van der Waals surface area contributed by atoms with Gasteiger partial charge in [-0.05, 0) is 280 Å². The van der Waals surface area contributed by atoms with Crippen LogP contribution in [-0.2, 0) is 0 Å². The van der Waals surface area contributed by atoms with Gasteiger partial charge in [0.15, 0.2) is 0 Å². The average Bonchev–Trinajstić information content (AvgIpc) is 1.72. The van der Waals surface area contributed by atoms with Crippen molar-refractivity contribution in [3.05, 3.63) is 484 Å². The second kappa shape index (κ2) is 32.1. The summed E-state index contributed by atoms with van der Waals surface area (Å²) in [5, 5.41) is 14.9. The summed E-state index contributed by atoms with van der Waals surface area (Å²) in [5.74, 6) is 0. The number of hydrogen-bond acceptors (Lipinski definition) is 2. The Kier molecular flexibility index (Phi) is 19.3. The summed E-state index contributed by atoms with van der Waals surface area (Å²) in [4.78, 5) is 4.73. The molecule has 0 amide bonds. The normalized spacial score (nSPS) is 11.5. The van der Waals surface area contributed by atoms with Crippen LogP contribution in [-0.4, -0.2) is 9.13 Å². The first-order valence-corrected chi connectivity index (χ1v) is 43.2. The highest BCUT2D eigenvalue weighted by Gasteiger charge is 2.24. The molecule has 0 unspecified atom stereocenters. The smallest absolute Gasteiger partial charge is 0.0542 e. The first-order valence-electron chi connectivity index (χ1n) is 43.2. The Morgan fingerprint density at radius 3 is 0.656 bits per heavy atom. The maximum absolute atomic E-state index is 2.42. The van der Waals surface area contributed by atoms with E-state index in [0.29, 0.717) is 0 Å². The third-order valence-electron chi connectivity index (χ3n) is 25.1. The molecule has 125 heavy (non-hydrogen) atoms. The molecule has 0 aliphatic heterocycles. The molecule has 23 aromatic rings. The van der Waals surface area contributed by atoms with E-state index in [9.17, 15) is 0 Å². The number of benzene rings is 21. The van der Waals surface area contributed by atoms with Crippen molar-refractivity contribution in [3.63, 3.8) is 0 Å². The maximum Gasteiger partial charge on any atom is 0.0542 e. The minimum Gasteiger partial charge on any atom is -0.310 e. The van der Waals surface area contributed by atoms with Crippen molar-refractivity contribution in [2.24, 2.45) is 0 Å². The summed E-state index contributed by atoms with van der Waals surface area (Å²) >= 11 is 0. The topological polar surface area (TPSA) is 16.3 Å². The van der Waals surface area contributed by atoms with E-state index >= 15 is 0 Å². The third-order valence-corrected chi connectivity index (χ3v) is 25.1. The number of anilines is 6. The molecular formula is C121H86N4. The molecule has 0 fully saturated rings. The highest BCUT2D eigenvalue weighted by molar-refractivity contribution is 6.23. The Morgan fingerprint density at radius 2 is 0.360 bits per heavy atom. The van der Waals surface area contributed by atoms with Gasteiger partial charge in [0.05, 0.1) is 22.1 Å². The number of para-hydroxylation sites is 3. The van der Waals surface area contributed by atoms with E-state index in [1.165, 1.54) is 181 Å². The van der Waals surface area contributed by atoms with Crippen LogP contribution in [0.1, 0.15) is 16.7 Å². The van der Waals surface area contributed by atoms with Crippen molar-refractivity contribution < 1.29 is 0 Å². The molecule has 0 bridgehead atoms. The van der Waals surface area contributed by atoms with Gasteiger partial charge >= 0.3 is 0 Å². The summed E-state index contributed by atoms with van der Waals surface area (Å²) in [6.07, 6.45) is 0. The molecule has 21 aromatic carbocycles. The predicted octanol–water partition coefficient (Wildman–Crippen LogP) is 33.7. The Hall–Kier alpha value is -16.1. The highest BCUT2D eigenvalue weighted by atomic mass is 15.1. The van der Waals surface area contributed by atoms with E-state index in [2.05, 4.69) is 507 Å². The standard InChI is InChI=1S/C64H46N2.C57H40N2/c1-43-14-12-18-52(40-43)65(53-19-13-15-44(2)41-53)54-38-39-62-60(42-54)55-20-10-11-25-61(55)66(62)51-36-34-50(35-37-51)64-58-23-8-6-21-56(58)63(57-22-7-9-24-59(57)64)49-32-30-48(31-33-49)47-28-26-46(27-29-47)45-16-4-3-5-17-45;1-39-15-14-20-46(37-39)58(44-18-6-3-7-19-44)47-35-36-55-53(38-47)48-21-12-13-26-54(48)59(55)45-33-31-43(32-34-45)57-51-24-10-8-22-49(51)56(50-23-9-11-25-52(50)57)42-29-27-41(28-30-42)40-16-4-2-5-17-40/h3-42H,1-2H3;2-38H,1H3. The molecule has 590 valence electrons. The van der Waals surface area contributed by atoms with Gasteiger partial charge in [0.1, 0.15) is 0 Å². The quantitative estimate of drug-likeness (QED) is 0.0951. The zero-order valence-electron chi connectivity index (χ0n) is 69.7. The van der Waals surface area contributed by atoms with Crippen molar-refractivity contribution in [3.8, 4) is 89.3 Å². The number of nitrogens with zero attached hydrogens (tertiary/aromatic N) is 4. The third kappa shape index (κ3) is 13.8. The van der Waals surface area contributed by atoms with Gasteiger partial charge in [-0.2, -0.15) is 0 Å². The Morgan fingerprint density at radius 1 is 0.144 bits per heavy atom. The zero-order chi connectivity index (χ0) is 83.4. The van der Waals surface area contributed by atoms with Crippen LogP contribution in [0.15, 0.2) is 467 Å². The molecule has 2 aromatic heterocycles. The summed E-state index contributed by atoms with van der Waals surface area (Å²) < 4.78 is 4.83. The Bertz CT molecular complexity index is 7850. The second-order valence-corrected chi connectivity index (χ2v) is 32.9. The fraction of sp³-hybridized carbons (Fsp3) is 0.0248. The molecule has 0 N–H and O–H groups in total. The summed E-state index contributed by atoms with van der Waals surface area (Å²) in [6.45, 7) is 6.47. The molecule has 2 heterocycles. The van der Waals surface area contributed by atoms with E-state index in [0.717, 1.165) is 45.5 Å². The number of hydrogen-bond donors (Lipinski definition) is 0. The van der Waals surface area contributed by atoms with Gasteiger partial charge in [0, 0.05) is 67.0 Å². The molecule has 0 spiro atoms. The Balaban J connectivity index is 0.000000149. The van der Waals surface area contributed by atoms with Crippen molar-refractivity contribution in [2.45, 2.75) is 20.8 Å². The lowest BCUT2D eigenvalue weighted by molar-refractivity contribution is 1.18. The van der Waals surface area contributed by atoms with Crippen LogP contribution >= 0.6 is 0 Å². The van der Waals surface area contributed by atoms with E-state index < -0.39 is 0 Å². The van der Waals surface area contributed by atoms with Crippen LogP contribution < -0.4 is 9.80 Å². The molecule has 0 saturated heterocycles. The first-order chi connectivity index (χ1) is 61.7. The molecule has 0 radical (unpaired) electrons. The van der Waals surface area contributed by atoms with Crippen LogP contribution in [0, 0.1) is 20.8 Å².